The molecule has 2 aromatic heterocycles. The van der Waals surface area contributed by atoms with Gasteiger partial charge in [-0.3, -0.25) is 4.79 Å². The van der Waals surface area contributed by atoms with Crippen LogP contribution in [0.3, 0.4) is 0 Å². The van der Waals surface area contributed by atoms with Crippen LogP contribution in [0.2, 0.25) is 0 Å². The number of rotatable bonds is 4. The van der Waals surface area contributed by atoms with E-state index in [-0.39, 0.29) is 6.42 Å². The van der Waals surface area contributed by atoms with E-state index in [1.165, 1.54) is 4.90 Å². The van der Waals surface area contributed by atoms with Crippen molar-refractivity contribution in [3.8, 4) is 23.2 Å². The summed E-state index contributed by atoms with van der Waals surface area (Å²) in [5, 5.41) is 11.5. The molecule has 0 aliphatic rings. The van der Waals surface area contributed by atoms with E-state index in [1.54, 1.807) is 26.2 Å². The number of pyridine rings is 1. The van der Waals surface area contributed by atoms with Crippen LogP contribution in [0.5, 0.6) is 0 Å². The second-order valence-electron chi connectivity index (χ2n) is 7.14. The van der Waals surface area contributed by atoms with E-state index in [9.17, 15) is 9.90 Å². The summed E-state index contributed by atoms with van der Waals surface area (Å²) in [7, 11) is 1.64. The van der Waals surface area contributed by atoms with E-state index < -0.39 is 11.5 Å². The van der Waals surface area contributed by atoms with Crippen molar-refractivity contribution >= 4 is 22.6 Å². The number of benzene rings is 1. The van der Waals surface area contributed by atoms with Crippen molar-refractivity contribution in [1.29, 1.82) is 0 Å². The summed E-state index contributed by atoms with van der Waals surface area (Å²) in [4.78, 5) is 27.2. The third-order valence-electron chi connectivity index (χ3n) is 4.94. The largest absolute Gasteiger partial charge is 0.382 e. The maximum absolute atomic E-state index is 12.5. The lowest BCUT2D eigenvalue weighted by molar-refractivity contribution is -0.144. The van der Waals surface area contributed by atoms with Gasteiger partial charge in [-0.2, -0.15) is 0 Å². The number of anilines is 1. The topological polar surface area (TPSA) is 105 Å². The highest BCUT2D eigenvalue weighted by atomic mass is 16.3. The van der Waals surface area contributed by atoms with Gasteiger partial charge in [-0.1, -0.05) is 30.9 Å². The van der Waals surface area contributed by atoms with Gasteiger partial charge in [0.1, 0.15) is 11.3 Å². The molecule has 7 heteroatoms. The molecule has 0 spiro atoms. The van der Waals surface area contributed by atoms with E-state index in [0.29, 0.717) is 29.3 Å². The van der Waals surface area contributed by atoms with Gasteiger partial charge in [0.25, 0.3) is 5.91 Å². The van der Waals surface area contributed by atoms with Gasteiger partial charge in [0.2, 0.25) is 5.60 Å². The first-order chi connectivity index (χ1) is 14.3. The number of carbonyl (C=O) groups excluding carboxylic acids is 1. The molecule has 1 atom stereocenters. The molecule has 3 N–H and O–H groups in total. The van der Waals surface area contributed by atoms with Crippen LogP contribution in [0.15, 0.2) is 36.5 Å². The third kappa shape index (κ3) is 4.24. The van der Waals surface area contributed by atoms with Crippen LogP contribution in [0.1, 0.15) is 31.5 Å². The standard InChI is InChI=1S/C23H25N5O2/c1-5-23(30,22(29)28(4)6-2)11-10-16-8-7-9-17(13-16)21-25-14-18-12-15(3)26-20(24)19(18)27-21/h7-9,12-14,30H,5-6H2,1-4H3,(H2,24,26). The number of nitrogens with zero attached hydrogens (tertiary/aromatic N) is 4. The second-order valence-corrected chi connectivity index (χ2v) is 7.14. The van der Waals surface area contributed by atoms with Crippen molar-refractivity contribution in [3.63, 3.8) is 0 Å². The molecule has 0 aliphatic carbocycles. The van der Waals surface area contributed by atoms with Gasteiger partial charge >= 0.3 is 0 Å². The number of likely N-dealkylation sites (N-methyl/N-ethyl adjacent to an activating group) is 1. The average molecular weight is 403 g/mol. The number of carbonyl (C=O) groups is 1. The van der Waals surface area contributed by atoms with Gasteiger partial charge in [0.05, 0.1) is 0 Å². The fourth-order valence-electron chi connectivity index (χ4n) is 3.01. The molecule has 1 aromatic carbocycles. The Labute approximate surface area is 176 Å². The molecule has 7 nitrogen and oxygen atoms in total. The fourth-order valence-corrected chi connectivity index (χ4v) is 3.01. The molecule has 1 unspecified atom stereocenters. The molecule has 0 fully saturated rings. The molecule has 0 aliphatic heterocycles. The van der Waals surface area contributed by atoms with E-state index >= 15 is 0 Å². The Morgan fingerprint density at radius 1 is 1.27 bits per heavy atom. The molecular formula is C23H25N5O2. The van der Waals surface area contributed by atoms with Gasteiger partial charge in [0, 0.05) is 42.0 Å². The summed E-state index contributed by atoms with van der Waals surface area (Å²) in [6.07, 6.45) is 1.92. The van der Waals surface area contributed by atoms with E-state index in [0.717, 1.165) is 16.6 Å². The molecule has 3 aromatic rings. The number of hydrogen-bond donors (Lipinski definition) is 2. The highest BCUT2D eigenvalue weighted by Crippen LogP contribution is 2.23. The highest BCUT2D eigenvalue weighted by Gasteiger charge is 2.34. The molecule has 0 saturated carbocycles. The first-order valence-corrected chi connectivity index (χ1v) is 9.78. The summed E-state index contributed by atoms with van der Waals surface area (Å²) in [5.41, 5.74) is 7.09. The highest BCUT2D eigenvalue weighted by molar-refractivity contribution is 5.89. The summed E-state index contributed by atoms with van der Waals surface area (Å²) in [6.45, 7) is 5.94. The first kappa shape index (κ1) is 21.2. The molecule has 30 heavy (non-hydrogen) atoms. The van der Waals surface area contributed by atoms with Gasteiger partial charge in [-0.15, -0.1) is 0 Å². The van der Waals surface area contributed by atoms with Crippen LogP contribution in [0, 0.1) is 18.8 Å². The molecule has 154 valence electrons. The van der Waals surface area contributed by atoms with Crippen molar-refractivity contribution < 1.29 is 9.90 Å². The van der Waals surface area contributed by atoms with Gasteiger partial charge < -0.3 is 15.7 Å². The maximum Gasteiger partial charge on any atom is 0.266 e. The van der Waals surface area contributed by atoms with E-state index in [2.05, 4.69) is 26.8 Å². The summed E-state index contributed by atoms with van der Waals surface area (Å²) in [5.74, 6) is 6.11. The van der Waals surface area contributed by atoms with Crippen LogP contribution in [0.25, 0.3) is 22.3 Å². The predicted molar refractivity (Wildman–Crippen MR) is 117 cm³/mol. The fraction of sp³-hybridized carbons (Fsp3) is 0.304. The lowest BCUT2D eigenvalue weighted by Gasteiger charge is -2.25. The molecule has 0 bridgehead atoms. The lowest BCUT2D eigenvalue weighted by Crippen LogP contribution is -2.46. The monoisotopic (exact) mass is 403 g/mol. The SMILES string of the molecule is CCN(C)C(=O)C(O)(C#Cc1cccc(-c2ncc3cc(C)nc(N)c3n2)c1)CC. The van der Waals surface area contributed by atoms with Crippen LogP contribution in [-0.2, 0) is 4.79 Å². The summed E-state index contributed by atoms with van der Waals surface area (Å²) >= 11 is 0. The molecule has 0 radical (unpaired) electrons. The molecule has 3 rings (SSSR count). The number of hydrogen-bond acceptors (Lipinski definition) is 6. The van der Waals surface area contributed by atoms with Crippen molar-refractivity contribution in [2.75, 3.05) is 19.3 Å². The minimum atomic E-state index is -1.72. The predicted octanol–water partition coefficient (Wildman–Crippen LogP) is 2.55. The van der Waals surface area contributed by atoms with E-state index in [4.69, 9.17) is 5.73 Å². The molecular weight excluding hydrogens is 378 g/mol. The average Bonchev–Trinajstić information content (AvgIpc) is 2.76. The minimum absolute atomic E-state index is 0.197. The van der Waals surface area contributed by atoms with Crippen LogP contribution >= 0.6 is 0 Å². The third-order valence-corrected chi connectivity index (χ3v) is 4.94. The Hall–Kier alpha value is -3.50. The number of fused-ring (bicyclic) bond motifs is 1. The summed E-state index contributed by atoms with van der Waals surface area (Å²) < 4.78 is 0. The Morgan fingerprint density at radius 2 is 2.03 bits per heavy atom. The van der Waals surface area contributed by atoms with Crippen molar-refractivity contribution in [1.82, 2.24) is 19.9 Å². The Bertz CT molecular complexity index is 1170. The zero-order chi connectivity index (χ0) is 21.9. The normalized spacial score (nSPS) is 12.7. The van der Waals surface area contributed by atoms with E-state index in [1.807, 2.05) is 38.1 Å². The van der Waals surface area contributed by atoms with Crippen molar-refractivity contribution in [2.45, 2.75) is 32.8 Å². The molecule has 2 heterocycles. The quantitative estimate of drug-likeness (QED) is 0.649. The number of aromatic nitrogens is 3. The number of nitrogens with two attached hydrogens (primary N) is 1. The number of amides is 1. The number of nitrogen functional groups attached to an aromatic ring is 1. The van der Waals surface area contributed by atoms with Gasteiger partial charge in [-0.25, -0.2) is 15.0 Å². The molecule has 1 amide bonds. The van der Waals surface area contributed by atoms with Gasteiger partial charge in [0.15, 0.2) is 5.82 Å². The van der Waals surface area contributed by atoms with Crippen LogP contribution in [0.4, 0.5) is 5.82 Å². The smallest absolute Gasteiger partial charge is 0.266 e. The Morgan fingerprint density at radius 3 is 2.73 bits per heavy atom. The minimum Gasteiger partial charge on any atom is -0.382 e. The summed E-state index contributed by atoms with van der Waals surface area (Å²) in [6, 6.07) is 9.20. The van der Waals surface area contributed by atoms with Crippen LogP contribution in [-0.4, -0.2) is 50.1 Å². The second kappa shape index (κ2) is 8.47. The maximum atomic E-state index is 12.5. The van der Waals surface area contributed by atoms with Gasteiger partial charge in [-0.05, 0) is 38.5 Å². The van der Waals surface area contributed by atoms with Crippen LogP contribution < -0.4 is 5.73 Å². The molecule has 0 saturated heterocycles. The lowest BCUT2D eigenvalue weighted by atomic mass is 9.98. The zero-order valence-electron chi connectivity index (χ0n) is 17.6. The Kier molecular flexibility index (Phi) is 5.99. The van der Waals surface area contributed by atoms with Crippen molar-refractivity contribution in [3.05, 3.63) is 47.8 Å². The Balaban J connectivity index is 1.97. The number of aliphatic hydroxyl groups is 1. The zero-order valence-corrected chi connectivity index (χ0v) is 17.6. The number of aryl methyl sites for hydroxylation is 1. The van der Waals surface area contributed by atoms with Crippen molar-refractivity contribution in [2.24, 2.45) is 0 Å². The first-order valence-electron chi connectivity index (χ1n) is 9.78.